The van der Waals surface area contributed by atoms with Gasteiger partial charge < -0.3 is 4.74 Å². The van der Waals surface area contributed by atoms with Crippen molar-refractivity contribution in [3.63, 3.8) is 0 Å². The SMILES string of the molecule is CC1(C)C(C=C2CC2(F)F)C1C(=O)OCc1c(F)c(F)cc(F)c1F. The number of carbonyl (C=O) groups excluding carboxylic acids is 1. The van der Waals surface area contributed by atoms with E-state index in [0.717, 1.165) is 0 Å². The second-order valence-electron chi connectivity index (χ2n) is 6.95. The summed E-state index contributed by atoms with van der Waals surface area (Å²) in [5, 5.41) is 0. The van der Waals surface area contributed by atoms with Crippen LogP contribution in [0.2, 0.25) is 0 Å². The summed E-state index contributed by atoms with van der Waals surface area (Å²) in [5.41, 5.74) is -1.73. The maximum absolute atomic E-state index is 13.5. The molecule has 8 heteroatoms. The third-order valence-electron chi connectivity index (χ3n) is 4.86. The number of hydrogen-bond acceptors (Lipinski definition) is 2. The van der Waals surface area contributed by atoms with Crippen LogP contribution < -0.4 is 0 Å². The lowest BCUT2D eigenvalue weighted by Crippen LogP contribution is -2.13. The number of rotatable bonds is 4. The molecule has 2 unspecified atom stereocenters. The van der Waals surface area contributed by atoms with Gasteiger partial charge in [0.25, 0.3) is 5.92 Å². The Hall–Kier alpha value is -1.99. The zero-order valence-electron chi connectivity index (χ0n) is 13.3. The Kier molecular flexibility index (Phi) is 3.92. The van der Waals surface area contributed by atoms with Gasteiger partial charge in [-0.3, -0.25) is 4.79 Å². The Morgan fingerprint density at radius 3 is 2.20 bits per heavy atom. The fraction of sp³-hybridized carbons (Fsp3) is 0.471. The molecule has 2 saturated carbocycles. The van der Waals surface area contributed by atoms with E-state index in [1.54, 1.807) is 13.8 Å². The maximum Gasteiger partial charge on any atom is 0.310 e. The van der Waals surface area contributed by atoms with Crippen LogP contribution in [-0.2, 0) is 16.1 Å². The summed E-state index contributed by atoms with van der Waals surface area (Å²) in [4.78, 5) is 12.1. The molecule has 3 rings (SSSR count). The molecule has 0 bridgehead atoms. The molecule has 0 saturated heterocycles. The van der Waals surface area contributed by atoms with Crippen molar-refractivity contribution in [1.29, 1.82) is 0 Å². The maximum atomic E-state index is 13.5. The summed E-state index contributed by atoms with van der Waals surface area (Å²) >= 11 is 0. The van der Waals surface area contributed by atoms with E-state index in [1.807, 2.05) is 0 Å². The minimum atomic E-state index is -2.83. The number of esters is 1. The van der Waals surface area contributed by atoms with E-state index in [4.69, 9.17) is 4.74 Å². The minimum Gasteiger partial charge on any atom is -0.460 e. The van der Waals surface area contributed by atoms with Crippen LogP contribution in [0.25, 0.3) is 0 Å². The summed E-state index contributed by atoms with van der Waals surface area (Å²) in [6.07, 6.45) is 0.981. The van der Waals surface area contributed by atoms with Gasteiger partial charge >= 0.3 is 5.97 Å². The Morgan fingerprint density at radius 2 is 1.72 bits per heavy atom. The van der Waals surface area contributed by atoms with Crippen molar-refractivity contribution in [1.82, 2.24) is 0 Å². The average molecular weight is 364 g/mol. The van der Waals surface area contributed by atoms with Gasteiger partial charge in [0, 0.05) is 18.1 Å². The summed E-state index contributed by atoms with van der Waals surface area (Å²) in [6.45, 7) is 2.35. The van der Waals surface area contributed by atoms with Crippen molar-refractivity contribution in [3.8, 4) is 0 Å². The molecular formula is C17H14F6O2. The molecule has 0 heterocycles. The van der Waals surface area contributed by atoms with E-state index < -0.39 is 64.6 Å². The molecular weight excluding hydrogens is 350 g/mol. The number of carbonyl (C=O) groups is 1. The molecule has 0 N–H and O–H groups in total. The van der Waals surface area contributed by atoms with Gasteiger partial charge in [0.1, 0.15) is 6.61 Å². The molecule has 25 heavy (non-hydrogen) atoms. The standard InChI is InChI=1S/C17H14F6O2/c1-16(2)9(3-7-5-17(7,22)23)12(16)15(24)25-6-8-13(20)10(18)4-11(19)14(8)21/h3-4,9,12H,5-6H2,1-2H3. The number of ether oxygens (including phenoxy) is 1. The summed E-state index contributed by atoms with van der Waals surface area (Å²) in [5.74, 6) is -11.4. The van der Waals surface area contributed by atoms with E-state index >= 15 is 0 Å². The molecule has 2 aliphatic carbocycles. The van der Waals surface area contributed by atoms with Crippen LogP contribution in [0.3, 0.4) is 0 Å². The van der Waals surface area contributed by atoms with Crippen molar-refractivity contribution in [2.45, 2.75) is 32.8 Å². The molecule has 0 radical (unpaired) electrons. The van der Waals surface area contributed by atoms with Gasteiger partial charge in [-0.15, -0.1) is 0 Å². The summed E-state index contributed by atoms with van der Waals surface area (Å²) < 4.78 is 84.0. The van der Waals surface area contributed by atoms with E-state index in [9.17, 15) is 31.1 Å². The molecule has 0 spiro atoms. The second-order valence-corrected chi connectivity index (χ2v) is 6.95. The zero-order chi connectivity index (χ0) is 18.7. The van der Waals surface area contributed by atoms with Crippen molar-refractivity contribution < 1.29 is 35.9 Å². The first-order chi connectivity index (χ1) is 11.5. The molecule has 0 aromatic heterocycles. The third kappa shape index (κ3) is 3.02. The van der Waals surface area contributed by atoms with E-state index in [0.29, 0.717) is 0 Å². The van der Waals surface area contributed by atoms with Crippen LogP contribution in [0.1, 0.15) is 25.8 Å². The quantitative estimate of drug-likeness (QED) is 0.340. The molecule has 0 aliphatic heterocycles. The first-order valence-electron chi connectivity index (χ1n) is 7.54. The Bertz CT molecular complexity index is 758. The lowest BCUT2D eigenvalue weighted by atomic mass is 10.1. The second kappa shape index (κ2) is 5.51. The lowest BCUT2D eigenvalue weighted by Gasteiger charge is -2.09. The predicted molar refractivity (Wildman–Crippen MR) is 74.5 cm³/mol. The van der Waals surface area contributed by atoms with Crippen LogP contribution in [0.5, 0.6) is 0 Å². The zero-order valence-corrected chi connectivity index (χ0v) is 13.3. The average Bonchev–Trinajstić information content (AvgIpc) is 3.29. The first kappa shape index (κ1) is 17.8. The van der Waals surface area contributed by atoms with Crippen LogP contribution in [0.4, 0.5) is 26.3 Å². The van der Waals surface area contributed by atoms with Gasteiger partial charge in [0.15, 0.2) is 23.3 Å². The smallest absolute Gasteiger partial charge is 0.310 e. The number of halogens is 6. The molecule has 1 aromatic carbocycles. The highest BCUT2D eigenvalue weighted by Crippen LogP contribution is 2.62. The van der Waals surface area contributed by atoms with E-state index in [1.165, 1.54) is 6.08 Å². The Labute approximate surface area is 139 Å². The number of allylic oxidation sites excluding steroid dienone is 2. The third-order valence-corrected chi connectivity index (χ3v) is 4.86. The molecule has 0 amide bonds. The highest BCUT2D eigenvalue weighted by Gasteiger charge is 2.63. The van der Waals surface area contributed by atoms with Crippen LogP contribution in [-0.4, -0.2) is 11.9 Å². The van der Waals surface area contributed by atoms with Crippen molar-refractivity contribution in [2.75, 3.05) is 0 Å². The fourth-order valence-electron chi connectivity index (χ4n) is 3.01. The van der Waals surface area contributed by atoms with Crippen LogP contribution in [0, 0.1) is 40.5 Å². The van der Waals surface area contributed by atoms with Crippen LogP contribution in [0.15, 0.2) is 17.7 Å². The fourth-order valence-corrected chi connectivity index (χ4v) is 3.01. The van der Waals surface area contributed by atoms with Gasteiger partial charge in [0.2, 0.25) is 0 Å². The normalized spacial score (nSPS) is 27.3. The monoisotopic (exact) mass is 364 g/mol. The van der Waals surface area contributed by atoms with Gasteiger partial charge in [-0.25, -0.2) is 26.3 Å². The van der Waals surface area contributed by atoms with Crippen molar-refractivity contribution >= 4 is 5.97 Å². The predicted octanol–water partition coefficient (Wildman–Crippen LogP) is 4.52. The Morgan fingerprint density at radius 1 is 1.20 bits per heavy atom. The lowest BCUT2D eigenvalue weighted by molar-refractivity contribution is -0.147. The highest BCUT2D eigenvalue weighted by atomic mass is 19.3. The molecule has 2 nitrogen and oxygen atoms in total. The number of hydrogen-bond donors (Lipinski definition) is 0. The first-order valence-corrected chi connectivity index (χ1v) is 7.54. The van der Waals surface area contributed by atoms with Gasteiger partial charge in [-0.1, -0.05) is 19.9 Å². The molecule has 2 fully saturated rings. The highest BCUT2D eigenvalue weighted by molar-refractivity contribution is 5.78. The summed E-state index contributed by atoms with van der Waals surface area (Å²) in [7, 11) is 0. The molecule has 2 aliphatic rings. The molecule has 1 aromatic rings. The number of alkyl halides is 2. The Balaban J connectivity index is 1.69. The molecule has 2 atom stereocenters. The summed E-state index contributed by atoms with van der Waals surface area (Å²) in [6, 6.07) is 0.0536. The van der Waals surface area contributed by atoms with Crippen molar-refractivity contribution in [3.05, 3.63) is 46.5 Å². The van der Waals surface area contributed by atoms with Crippen LogP contribution >= 0.6 is 0 Å². The van der Waals surface area contributed by atoms with Crippen molar-refractivity contribution in [2.24, 2.45) is 17.3 Å². The van der Waals surface area contributed by atoms with Gasteiger partial charge in [-0.05, 0) is 11.3 Å². The van der Waals surface area contributed by atoms with Gasteiger partial charge in [-0.2, -0.15) is 0 Å². The largest absolute Gasteiger partial charge is 0.460 e. The number of benzene rings is 1. The van der Waals surface area contributed by atoms with E-state index in [-0.39, 0.29) is 18.1 Å². The molecule has 136 valence electrons. The van der Waals surface area contributed by atoms with Gasteiger partial charge in [0.05, 0.1) is 11.5 Å². The minimum absolute atomic E-state index is 0.0508. The topological polar surface area (TPSA) is 26.3 Å². The van der Waals surface area contributed by atoms with E-state index in [2.05, 4.69) is 0 Å².